The highest BCUT2D eigenvalue weighted by atomic mass is 35.5. The molecule has 1 aliphatic rings. The Labute approximate surface area is 159 Å². The zero-order valence-corrected chi connectivity index (χ0v) is 16.1. The van der Waals surface area contributed by atoms with Crippen LogP contribution in [0.1, 0.15) is 30.6 Å². The summed E-state index contributed by atoms with van der Waals surface area (Å²) in [6, 6.07) is 3.22. The summed E-state index contributed by atoms with van der Waals surface area (Å²) < 4.78 is 11.2. The van der Waals surface area contributed by atoms with E-state index in [1.165, 1.54) is 0 Å². The van der Waals surface area contributed by atoms with Crippen molar-refractivity contribution >= 4 is 29.9 Å². The van der Waals surface area contributed by atoms with Crippen LogP contribution in [0.2, 0.25) is 5.02 Å². The van der Waals surface area contributed by atoms with Crippen LogP contribution in [-0.2, 0) is 0 Å². The minimum atomic E-state index is -0.433. The lowest BCUT2D eigenvalue weighted by atomic mass is 10.1. The molecule has 1 saturated heterocycles. The van der Waals surface area contributed by atoms with Gasteiger partial charge in [-0.05, 0) is 25.5 Å². The largest absolute Gasteiger partial charge is 0.490 e. The van der Waals surface area contributed by atoms with Crippen LogP contribution in [0, 0.1) is 5.92 Å². The number of aliphatic hydroxyl groups excluding tert-OH is 1. The number of benzene rings is 1. The first kappa shape index (κ1) is 21.8. The molecule has 142 valence electrons. The maximum atomic E-state index is 12.4. The molecule has 1 heterocycles. The van der Waals surface area contributed by atoms with Crippen molar-refractivity contribution in [3.8, 4) is 11.5 Å². The Hall–Kier alpha value is -1.21. The smallest absolute Gasteiger partial charge is 0.251 e. The number of hydrogen-bond donors (Lipinski definition) is 3. The van der Waals surface area contributed by atoms with Crippen LogP contribution in [0.15, 0.2) is 12.1 Å². The van der Waals surface area contributed by atoms with E-state index in [-0.39, 0.29) is 24.2 Å². The Morgan fingerprint density at radius 2 is 2.12 bits per heavy atom. The van der Waals surface area contributed by atoms with E-state index >= 15 is 0 Å². The monoisotopic (exact) mass is 392 g/mol. The fourth-order valence-corrected chi connectivity index (χ4v) is 2.82. The third-order valence-electron chi connectivity index (χ3n) is 3.85. The highest BCUT2D eigenvalue weighted by molar-refractivity contribution is 6.32. The predicted molar refractivity (Wildman–Crippen MR) is 100 cm³/mol. The van der Waals surface area contributed by atoms with Gasteiger partial charge >= 0.3 is 0 Å². The Bertz CT molecular complexity index is 572. The van der Waals surface area contributed by atoms with E-state index in [0.717, 1.165) is 6.42 Å². The van der Waals surface area contributed by atoms with Crippen LogP contribution in [0.5, 0.6) is 11.5 Å². The van der Waals surface area contributed by atoms with E-state index in [1.807, 2.05) is 13.8 Å². The van der Waals surface area contributed by atoms with E-state index in [4.69, 9.17) is 21.1 Å². The fourth-order valence-electron chi connectivity index (χ4n) is 2.56. The molecule has 1 aliphatic heterocycles. The quantitative estimate of drug-likeness (QED) is 0.632. The molecular formula is C17H26Cl2N2O4. The molecule has 1 aromatic rings. The van der Waals surface area contributed by atoms with Crippen molar-refractivity contribution in [2.45, 2.75) is 26.4 Å². The lowest BCUT2D eigenvalue weighted by Gasteiger charge is -2.16. The Kier molecular flexibility index (Phi) is 9.35. The molecular weight excluding hydrogens is 367 g/mol. The van der Waals surface area contributed by atoms with Crippen LogP contribution in [0.3, 0.4) is 0 Å². The number of rotatable bonds is 8. The second-order valence-electron chi connectivity index (χ2n) is 5.76. The van der Waals surface area contributed by atoms with Gasteiger partial charge in [-0.25, -0.2) is 0 Å². The Balaban J connectivity index is 0.00000312. The lowest BCUT2D eigenvalue weighted by Crippen LogP contribution is -2.34. The van der Waals surface area contributed by atoms with Gasteiger partial charge < -0.3 is 25.2 Å². The van der Waals surface area contributed by atoms with Gasteiger partial charge in [-0.15, -0.1) is 12.4 Å². The number of carbonyl (C=O) groups is 1. The van der Waals surface area contributed by atoms with Crippen LogP contribution >= 0.6 is 24.0 Å². The topological polar surface area (TPSA) is 79.8 Å². The summed E-state index contributed by atoms with van der Waals surface area (Å²) >= 11 is 6.27. The summed E-state index contributed by atoms with van der Waals surface area (Å²) in [6.45, 7) is 6.49. The highest BCUT2D eigenvalue weighted by Crippen LogP contribution is 2.36. The van der Waals surface area contributed by atoms with Gasteiger partial charge in [0, 0.05) is 31.1 Å². The maximum Gasteiger partial charge on any atom is 0.251 e. The molecule has 8 heteroatoms. The molecule has 0 radical (unpaired) electrons. The van der Waals surface area contributed by atoms with Gasteiger partial charge in [0.15, 0.2) is 11.5 Å². The van der Waals surface area contributed by atoms with Gasteiger partial charge in [0.25, 0.3) is 5.91 Å². The van der Waals surface area contributed by atoms with Crippen molar-refractivity contribution in [1.29, 1.82) is 0 Å². The summed E-state index contributed by atoms with van der Waals surface area (Å²) in [5.74, 6) is 0.695. The maximum absolute atomic E-state index is 12.4. The minimum Gasteiger partial charge on any atom is -0.490 e. The normalized spacial score (nSPS) is 19.2. The van der Waals surface area contributed by atoms with Crippen molar-refractivity contribution in [2.75, 3.05) is 32.8 Å². The second kappa shape index (κ2) is 10.7. The third-order valence-corrected chi connectivity index (χ3v) is 4.13. The summed E-state index contributed by atoms with van der Waals surface area (Å²) in [6.07, 6.45) is 0.416. The summed E-state index contributed by atoms with van der Waals surface area (Å²) in [5.41, 5.74) is 0.410. The molecule has 0 aliphatic carbocycles. The van der Waals surface area contributed by atoms with Crippen molar-refractivity contribution in [3.63, 3.8) is 0 Å². The first-order valence-electron chi connectivity index (χ1n) is 8.32. The van der Waals surface area contributed by atoms with Gasteiger partial charge in [-0.1, -0.05) is 18.5 Å². The van der Waals surface area contributed by atoms with E-state index in [9.17, 15) is 9.90 Å². The molecule has 0 spiro atoms. The Morgan fingerprint density at radius 1 is 1.36 bits per heavy atom. The molecule has 1 fully saturated rings. The predicted octanol–water partition coefficient (Wildman–Crippen LogP) is 2.26. The SMILES string of the molecule is CCCOc1c(Cl)cc(C(=O)NCC2CNCC2O)cc1OCC.Cl. The molecule has 0 aromatic heterocycles. The molecule has 2 unspecified atom stereocenters. The van der Waals surface area contributed by atoms with Gasteiger partial charge in [-0.2, -0.15) is 0 Å². The number of halogens is 2. The number of ether oxygens (including phenoxy) is 2. The first-order chi connectivity index (χ1) is 11.6. The second-order valence-corrected chi connectivity index (χ2v) is 6.17. The van der Waals surface area contributed by atoms with Gasteiger partial charge in [0.1, 0.15) is 0 Å². The average Bonchev–Trinajstić information content (AvgIpc) is 2.97. The molecule has 2 atom stereocenters. The molecule has 6 nitrogen and oxygen atoms in total. The number of nitrogens with one attached hydrogen (secondary N) is 2. The number of hydrogen-bond acceptors (Lipinski definition) is 5. The molecule has 25 heavy (non-hydrogen) atoms. The van der Waals surface area contributed by atoms with E-state index in [2.05, 4.69) is 10.6 Å². The molecule has 1 amide bonds. The van der Waals surface area contributed by atoms with Crippen molar-refractivity contribution in [1.82, 2.24) is 10.6 Å². The summed E-state index contributed by atoms with van der Waals surface area (Å²) in [4.78, 5) is 12.4. The third kappa shape index (κ3) is 5.92. The van der Waals surface area contributed by atoms with Crippen molar-refractivity contribution < 1.29 is 19.4 Å². The summed E-state index contributed by atoms with van der Waals surface area (Å²) in [5, 5.41) is 16.1. The molecule has 0 bridgehead atoms. The molecule has 2 rings (SSSR count). The van der Waals surface area contributed by atoms with Crippen LogP contribution in [0.25, 0.3) is 0 Å². The number of aliphatic hydroxyl groups is 1. The molecule has 0 saturated carbocycles. The van der Waals surface area contributed by atoms with E-state index in [1.54, 1.807) is 12.1 Å². The van der Waals surface area contributed by atoms with Crippen molar-refractivity contribution in [3.05, 3.63) is 22.7 Å². The zero-order valence-electron chi connectivity index (χ0n) is 14.5. The fraction of sp³-hybridized carbons (Fsp3) is 0.588. The molecule has 1 aromatic carbocycles. The zero-order chi connectivity index (χ0) is 17.5. The minimum absolute atomic E-state index is 0. The van der Waals surface area contributed by atoms with E-state index in [0.29, 0.717) is 54.9 Å². The van der Waals surface area contributed by atoms with E-state index < -0.39 is 6.10 Å². The number of carbonyl (C=O) groups excluding carboxylic acids is 1. The molecule has 3 N–H and O–H groups in total. The van der Waals surface area contributed by atoms with Crippen LogP contribution < -0.4 is 20.1 Å². The first-order valence-corrected chi connectivity index (χ1v) is 8.70. The lowest BCUT2D eigenvalue weighted by molar-refractivity contribution is 0.0926. The van der Waals surface area contributed by atoms with Crippen LogP contribution in [-0.4, -0.2) is 50.0 Å². The highest BCUT2D eigenvalue weighted by Gasteiger charge is 2.25. The Morgan fingerprint density at radius 3 is 2.72 bits per heavy atom. The standard InChI is InChI=1S/C17H25ClN2O4.ClH/c1-3-5-24-16-13(18)6-11(7-15(16)23-4-2)17(22)20-9-12-8-19-10-14(12)21;/h6-7,12,14,19,21H,3-5,8-10H2,1-2H3,(H,20,22);1H. The van der Waals surface area contributed by atoms with Crippen LogP contribution in [0.4, 0.5) is 0 Å². The van der Waals surface area contributed by atoms with Gasteiger partial charge in [0.2, 0.25) is 0 Å². The number of β-amino-alcohol motifs (C(OH)–C–C–N with tert-alkyl or cyclic N) is 1. The number of amides is 1. The van der Waals surface area contributed by atoms with Gasteiger partial charge in [0.05, 0.1) is 24.3 Å². The average molecular weight is 393 g/mol. The summed E-state index contributed by atoms with van der Waals surface area (Å²) in [7, 11) is 0. The van der Waals surface area contributed by atoms with Gasteiger partial charge in [-0.3, -0.25) is 4.79 Å². The van der Waals surface area contributed by atoms with Crippen molar-refractivity contribution in [2.24, 2.45) is 5.92 Å².